The third kappa shape index (κ3) is 4.13. The summed E-state index contributed by atoms with van der Waals surface area (Å²) in [5.74, 6) is 0.979. The molecule has 1 fully saturated rings. The number of alkyl halides is 1. The lowest BCUT2D eigenvalue weighted by Crippen LogP contribution is -2.37. The van der Waals surface area contributed by atoms with Gasteiger partial charge in [-0.15, -0.1) is 0 Å². The van der Waals surface area contributed by atoms with E-state index in [0.717, 1.165) is 18.9 Å². The summed E-state index contributed by atoms with van der Waals surface area (Å²) in [6.07, 6.45) is 7.54. The van der Waals surface area contributed by atoms with E-state index in [4.69, 9.17) is 0 Å². The lowest BCUT2D eigenvalue weighted by molar-refractivity contribution is -0.129. The fraction of sp³-hybridized carbons (Fsp3) is 0.917. The van der Waals surface area contributed by atoms with Gasteiger partial charge >= 0.3 is 0 Å². The molecular weight excluding hydrogens is 254 g/mol. The van der Waals surface area contributed by atoms with Crippen LogP contribution in [0.5, 0.6) is 0 Å². The minimum atomic E-state index is 0.00564. The van der Waals surface area contributed by atoms with E-state index in [1.54, 1.807) is 0 Å². The Labute approximate surface area is 102 Å². The van der Waals surface area contributed by atoms with E-state index in [1.807, 2.05) is 18.9 Å². The van der Waals surface area contributed by atoms with Crippen molar-refractivity contribution in [1.82, 2.24) is 4.90 Å². The van der Waals surface area contributed by atoms with E-state index in [9.17, 15) is 4.79 Å². The number of hydrogen-bond donors (Lipinski definition) is 0. The number of halogens is 1. The lowest BCUT2D eigenvalue weighted by atomic mass is 9.89. The maximum absolute atomic E-state index is 11.8. The molecule has 0 bridgehead atoms. The van der Waals surface area contributed by atoms with Crippen LogP contribution < -0.4 is 0 Å². The molecule has 1 atom stereocenters. The van der Waals surface area contributed by atoms with Gasteiger partial charge in [0.1, 0.15) is 0 Å². The van der Waals surface area contributed by atoms with E-state index in [1.165, 1.54) is 32.1 Å². The van der Waals surface area contributed by atoms with Crippen LogP contribution in [-0.2, 0) is 4.79 Å². The smallest absolute Gasteiger partial charge is 0.236 e. The first kappa shape index (κ1) is 13.0. The Hall–Kier alpha value is -0.0500. The average molecular weight is 276 g/mol. The van der Waals surface area contributed by atoms with Crippen molar-refractivity contribution in [2.24, 2.45) is 5.92 Å². The topological polar surface area (TPSA) is 20.3 Å². The number of rotatable bonds is 4. The molecule has 3 heteroatoms. The van der Waals surface area contributed by atoms with Crippen molar-refractivity contribution in [1.29, 1.82) is 0 Å². The van der Waals surface area contributed by atoms with E-state index < -0.39 is 0 Å². The van der Waals surface area contributed by atoms with Crippen molar-refractivity contribution in [3.8, 4) is 0 Å². The van der Waals surface area contributed by atoms with Gasteiger partial charge in [-0.25, -0.2) is 0 Å². The maximum Gasteiger partial charge on any atom is 0.236 e. The molecule has 0 N–H and O–H groups in total. The molecule has 1 aliphatic rings. The Kier molecular flexibility index (Phi) is 5.65. The van der Waals surface area contributed by atoms with Gasteiger partial charge in [0.05, 0.1) is 4.83 Å². The Morgan fingerprint density at radius 1 is 1.40 bits per heavy atom. The number of amides is 1. The van der Waals surface area contributed by atoms with Gasteiger partial charge in [0.2, 0.25) is 5.91 Å². The van der Waals surface area contributed by atoms with Gasteiger partial charge in [-0.1, -0.05) is 42.1 Å². The molecule has 0 spiro atoms. The molecule has 0 saturated heterocycles. The van der Waals surface area contributed by atoms with Crippen LogP contribution in [0.25, 0.3) is 0 Å². The monoisotopic (exact) mass is 275 g/mol. The van der Waals surface area contributed by atoms with Crippen molar-refractivity contribution >= 4 is 21.8 Å². The van der Waals surface area contributed by atoms with Crippen LogP contribution in [0.2, 0.25) is 0 Å². The van der Waals surface area contributed by atoms with Gasteiger partial charge in [-0.05, 0) is 25.2 Å². The normalized spacial score (nSPS) is 19.9. The van der Waals surface area contributed by atoms with Crippen LogP contribution in [0.4, 0.5) is 0 Å². The molecule has 0 aliphatic heterocycles. The summed E-state index contributed by atoms with van der Waals surface area (Å²) in [6.45, 7) is 2.98. The molecule has 1 saturated carbocycles. The first-order valence-corrected chi connectivity index (χ1v) is 6.95. The summed E-state index contributed by atoms with van der Waals surface area (Å²) in [5.41, 5.74) is 0. The molecule has 2 nitrogen and oxygen atoms in total. The van der Waals surface area contributed by atoms with Crippen molar-refractivity contribution in [3.05, 3.63) is 0 Å². The van der Waals surface area contributed by atoms with Crippen LogP contribution in [0.3, 0.4) is 0 Å². The number of carbonyl (C=O) groups excluding carboxylic acids is 1. The molecular formula is C12H22BrNO. The third-order valence-electron chi connectivity index (χ3n) is 3.26. The lowest BCUT2D eigenvalue weighted by Gasteiger charge is -2.28. The highest BCUT2D eigenvalue weighted by molar-refractivity contribution is 9.10. The van der Waals surface area contributed by atoms with Crippen molar-refractivity contribution in [3.63, 3.8) is 0 Å². The van der Waals surface area contributed by atoms with E-state index in [0.29, 0.717) is 0 Å². The molecule has 1 amide bonds. The summed E-state index contributed by atoms with van der Waals surface area (Å²) >= 11 is 3.42. The second-order valence-electron chi connectivity index (χ2n) is 4.60. The number of carbonyl (C=O) groups is 1. The first-order valence-electron chi connectivity index (χ1n) is 6.04. The van der Waals surface area contributed by atoms with Gasteiger partial charge < -0.3 is 4.90 Å². The highest BCUT2D eigenvalue weighted by Crippen LogP contribution is 2.24. The maximum atomic E-state index is 11.8. The van der Waals surface area contributed by atoms with Crippen LogP contribution in [0.15, 0.2) is 0 Å². The number of hydrogen-bond acceptors (Lipinski definition) is 1. The fourth-order valence-electron chi connectivity index (χ4n) is 2.26. The standard InChI is InChI=1S/C12H22BrNO/c1-3-11(13)12(15)14(2)9-10-7-5-4-6-8-10/h10-11H,3-9H2,1-2H3. The predicted octanol–water partition coefficient (Wildman–Crippen LogP) is 3.20. The van der Waals surface area contributed by atoms with Gasteiger partial charge in [-0.2, -0.15) is 0 Å². The molecule has 1 rings (SSSR count). The molecule has 1 unspecified atom stereocenters. The van der Waals surface area contributed by atoms with Crippen LogP contribution in [0.1, 0.15) is 45.4 Å². The molecule has 1 aliphatic carbocycles. The summed E-state index contributed by atoms with van der Waals surface area (Å²) in [6, 6.07) is 0. The molecule has 0 radical (unpaired) electrons. The fourth-order valence-corrected chi connectivity index (χ4v) is 2.61. The second kappa shape index (κ2) is 6.51. The Morgan fingerprint density at radius 2 is 2.00 bits per heavy atom. The summed E-state index contributed by atoms with van der Waals surface area (Å²) < 4.78 is 0. The van der Waals surface area contributed by atoms with E-state index in [2.05, 4.69) is 15.9 Å². The van der Waals surface area contributed by atoms with Crippen LogP contribution in [0, 0.1) is 5.92 Å². The Morgan fingerprint density at radius 3 is 2.53 bits per heavy atom. The zero-order valence-electron chi connectivity index (χ0n) is 9.84. The summed E-state index contributed by atoms with van der Waals surface area (Å²) in [5, 5.41) is 0. The zero-order chi connectivity index (χ0) is 11.3. The quantitative estimate of drug-likeness (QED) is 0.722. The highest BCUT2D eigenvalue weighted by atomic mass is 79.9. The van der Waals surface area contributed by atoms with Crippen molar-refractivity contribution in [2.45, 2.75) is 50.3 Å². The highest BCUT2D eigenvalue weighted by Gasteiger charge is 2.21. The molecule has 88 valence electrons. The average Bonchev–Trinajstić information content (AvgIpc) is 2.28. The summed E-state index contributed by atoms with van der Waals surface area (Å²) in [4.78, 5) is 13.7. The second-order valence-corrected chi connectivity index (χ2v) is 5.70. The van der Waals surface area contributed by atoms with Crippen molar-refractivity contribution < 1.29 is 4.79 Å². The SMILES string of the molecule is CCC(Br)C(=O)N(C)CC1CCCCC1. The van der Waals surface area contributed by atoms with Crippen LogP contribution >= 0.6 is 15.9 Å². The van der Waals surface area contributed by atoms with Gasteiger partial charge in [0, 0.05) is 13.6 Å². The van der Waals surface area contributed by atoms with Gasteiger partial charge in [0.25, 0.3) is 0 Å². The van der Waals surface area contributed by atoms with E-state index in [-0.39, 0.29) is 10.7 Å². The van der Waals surface area contributed by atoms with Gasteiger partial charge in [0.15, 0.2) is 0 Å². The third-order valence-corrected chi connectivity index (χ3v) is 4.30. The molecule has 15 heavy (non-hydrogen) atoms. The van der Waals surface area contributed by atoms with Gasteiger partial charge in [-0.3, -0.25) is 4.79 Å². The van der Waals surface area contributed by atoms with Crippen LogP contribution in [-0.4, -0.2) is 29.2 Å². The molecule has 0 aromatic carbocycles. The van der Waals surface area contributed by atoms with Crippen molar-refractivity contribution in [2.75, 3.05) is 13.6 Å². The molecule has 0 aromatic heterocycles. The molecule has 0 heterocycles. The number of nitrogens with zero attached hydrogens (tertiary/aromatic N) is 1. The minimum Gasteiger partial charge on any atom is -0.345 e. The largest absolute Gasteiger partial charge is 0.345 e. The zero-order valence-corrected chi connectivity index (χ0v) is 11.4. The Balaban J connectivity index is 2.33. The minimum absolute atomic E-state index is 0.00564. The molecule has 0 aromatic rings. The predicted molar refractivity (Wildman–Crippen MR) is 67.2 cm³/mol. The van der Waals surface area contributed by atoms with E-state index >= 15 is 0 Å². The first-order chi connectivity index (χ1) is 7.15. The Bertz CT molecular complexity index is 202. The summed E-state index contributed by atoms with van der Waals surface area (Å²) in [7, 11) is 1.93.